The standard InChI is InChI=1S/C21H33F2N5O.HI/c1-3-24-21(25-13-16(2)14-27-9-11-29-12-10-27)26-17-7-8-28(15-17)20-18(22)5-4-6-19(20)23;/h4-6,16-17H,3,7-15H2,1-2H3,(H2,24,25,26);1H. The topological polar surface area (TPSA) is 52.1 Å². The zero-order valence-electron chi connectivity index (χ0n) is 17.9. The molecule has 0 saturated carbocycles. The molecule has 2 atom stereocenters. The molecule has 2 N–H and O–H groups in total. The van der Waals surface area contributed by atoms with Crippen LogP contribution in [-0.2, 0) is 4.74 Å². The largest absolute Gasteiger partial charge is 0.379 e. The van der Waals surface area contributed by atoms with Crippen LogP contribution in [0.1, 0.15) is 20.3 Å². The summed E-state index contributed by atoms with van der Waals surface area (Å²) in [7, 11) is 0. The van der Waals surface area contributed by atoms with Gasteiger partial charge in [-0.3, -0.25) is 9.89 Å². The van der Waals surface area contributed by atoms with E-state index in [4.69, 9.17) is 9.73 Å². The number of para-hydroxylation sites is 1. The Morgan fingerprint density at radius 1 is 1.23 bits per heavy atom. The van der Waals surface area contributed by atoms with Gasteiger partial charge in [0.1, 0.15) is 17.3 Å². The van der Waals surface area contributed by atoms with Gasteiger partial charge >= 0.3 is 0 Å². The molecule has 30 heavy (non-hydrogen) atoms. The van der Waals surface area contributed by atoms with Crippen molar-refractivity contribution in [2.75, 3.05) is 63.9 Å². The summed E-state index contributed by atoms with van der Waals surface area (Å²) < 4.78 is 33.5. The van der Waals surface area contributed by atoms with Crippen LogP contribution in [-0.4, -0.2) is 75.9 Å². The van der Waals surface area contributed by atoms with Crippen molar-refractivity contribution in [3.63, 3.8) is 0 Å². The smallest absolute Gasteiger partial charge is 0.191 e. The van der Waals surface area contributed by atoms with Crippen LogP contribution in [0.5, 0.6) is 0 Å². The molecule has 0 spiro atoms. The van der Waals surface area contributed by atoms with Crippen molar-refractivity contribution >= 4 is 35.6 Å². The van der Waals surface area contributed by atoms with Gasteiger partial charge in [-0.1, -0.05) is 13.0 Å². The molecule has 0 bridgehead atoms. The first-order valence-corrected chi connectivity index (χ1v) is 10.6. The summed E-state index contributed by atoms with van der Waals surface area (Å²) in [6.07, 6.45) is 0.807. The Hall–Kier alpha value is -1.20. The molecule has 2 aliphatic heterocycles. The first kappa shape index (κ1) is 25.1. The monoisotopic (exact) mass is 537 g/mol. The fraction of sp³-hybridized carbons (Fsp3) is 0.667. The van der Waals surface area contributed by atoms with Crippen LogP contribution in [0.3, 0.4) is 0 Å². The lowest BCUT2D eigenvalue weighted by molar-refractivity contribution is 0.0323. The molecule has 170 valence electrons. The normalized spacial score (nSPS) is 21.3. The molecule has 2 aliphatic rings. The molecule has 1 aromatic carbocycles. The predicted molar refractivity (Wildman–Crippen MR) is 128 cm³/mol. The molecular weight excluding hydrogens is 503 g/mol. The quantitative estimate of drug-likeness (QED) is 0.319. The number of halogens is 3. The summed E-state index contributed by atoms with van der Waals surface area (Å²) >= 11 is 0. The second-order valence-electron chi connectivity index (χ2n) is 7.88. The van der Waals surface area contributed by atoms with Gasteiger partial charge < -0.3 is 20.3 Å². The Labute approximate surface area is 195 Å². The molecule has 2 saturated heterocycles. The van der Waals surface area contributed by atoms with Gasteiger partial charge in [-0.2, -0.15) is 0 Å². The van der Waals surface area contributed by atoms with E-state index in [0.29, 0.717) is 19.0 Å². The van der Waals surface area contributed by atoms with Gasteiger partial charge in [-0.25, -0.2) is 8.78 Å². The van der Waals surface area contributed by atoms with Crippen molar-refractivity contribution in [3.8, 4) is 0 Å². The molecule has 9 heteroatoms. The molecular formula is C21H34F2IN5O. The highest BCUT2D eigenvalue weighted by Gasteiger charge is 2.27. The first-order valence-electron chi connectivity index (χ1n) is 10.6. The van der Waals surface area contributed by atoms with Crippen LogP contribution >= 0.6 is 24.0 Å². The third kappa shape index (κ3) is 7.19. The number of ether oxygens (including phenoxy) is 1. The Morgan fingerprint density at radius 3 is 2.60 bits per heavy atom. The van der Waals surface area contributed by atoms with E-state index in [1.54, 1.807) is 4.90 Å². The van der Waals surface area contributed by atoms with Gasteiger partial charge in [-0.15, -0.1) is 24.0 Å². The number of nitrogens with zero attached hydrogens (tertiary/aromatic N) is 3. The Kier molecular flexibility index (Phi) is 10.5. The minimum Gasteiger partial charge on any atom is -0.379 e. The number of nitrogens with one attached hydrogen (secondary N) is 2. The van der Waals surface area contributed by atoms with Crippen LogP contribution in [0.25, 0.3) is 0 Å². The van der Waals surface area contributed by atoms with Gasteiger partial charge in [0, 0.05) is 51.9 Å². The fourth-order valence-electron chi connectivity index (χ4n) is 3.92. The summed E-state index contributed by atoms with van der Waals surface area (Å²) in [4.78, 5) is 8.93. The van der Waals surface area contributed by atoms with Crippen molar-refractivity contribution in [2.45, 2.75) is 26.3 Å². The van der Waals surface area contributed by atoms with E-state index in [2.05, 4.69) is 22.5 Å². The van der Waals surface area contributed by atoms with E-state index in [9.17, 15) is 8.78 Å². The average Bonchev–Trinajstić information content (AvgIpc) is 3.15. The van der Waals surface area contributed by atoms with Crippen LogP contribution in [0.2, 0.25) is 0 Å². The summed E-state index contributed by atoms with van der Waals surface area (Å²) in [5, 5.41) is 6.72. The highest BCUT2D eigenvalue weighted by Crippen LogP contribution is 2.26. The maximum Gasteiger partial charge on any atom is 0.191 e. The zero-order chi connectivity index (χ0) is 20.6. The van der Waals surface area contributed by atoms with E-state index >= 15 is 0 Å². The Morgan fingerprint density at radius 2 is 1.93 bits per heavy atom. The zero-order valence-corrected chi connectivity index (χ0v) is 20.2. The predicted octanol–water partition coefficient (Wildman–Crippen LogP) is 2.68. The average molecular weight is 537 g/mol. The van der Waals surface area contributed by atoms with E-state index < -0.39 is 11.6 Å². The fourth-order valence-corrected chi connectivity index (χ4v) is 3.92. The SMILES string of the molecule is CCNC(=NCC(C)CN1CCOCC1)NC1CCN(c2c(F)cccc2F)C1.I. The third-order valence-corrected chi connectivity index (χ3v) is 5.36. The van der Waals surface area contributed by atoms with Gasteiger partial charge in [0.15, 0.2) is 5.96 Å². The van der Waals surface area contributed by atoms with E-state index in [-0.39, 0.29) is 35.7 Å². The van der Waals surface area contributed by atoms with Crippen LogP contribution in [0.4, 0.5) is 14.5 Å². The number of morpholine rings is 1. The molecule has 0 aromatic heterocycles. The lowest BCUT2D eigenvalue weighted by Crippen LogP contribution is -2.45. The summed E-state index contributed by atoms with van der Waals surface area (Å²) in [6.45, 7) is 11.5. The summed E-state index contributed by atoms with van der Waals surface area (Å²) in [6, 6.07) is 4.11. The summed E-state index contributed by atoms with van der Waals surface area (Å²) in [5.74, 6) is 0.185. The highest BCUT2D eigenvalue weighted by atomic mass is 127. The first-order chi connectivity index (χ1) is 14.1. The number of rotatable bonds is 7. The Balaban J connectivity index is 0.00000320. The summed E-state index contributed by atoms with van der Waals surface area (Å²) in [5.41, 5.74) is 0.0675. The van der Waals surface area contributed by atoms with E-state index in [1.165, 1.54) is 18.2 Å². The number of hydrogen-bond acceptors (Lipinski definition) is 4. The van der Waals surface area contributed by atoms with Crippen molar-refractivity contribution in [1.29, 1.82) is 0 Å². The second kappa shape index (κ2) is 12.6. The number of benzene rings is 1. The molecule has 2 fully saturated rings. The van der Waals surface area contributed by atoms with Crippen molar-refractivity contribution < 1.29 is 13.5 Å². The van der Waals surface area contributed by atoms with Crippen LogP contribution < -0.4 is 15.5 Å². The van der Waals surface area contributed by atoms with Gasteiger partial charge in [-0.05, 0) is 31.4 Å². The van der Waals surface area contributed by atoms with Crippen molar-refractivity contribution in [3.05, 3.63) is 29.8 Å². The molecule has 6 nitrogen and oxygen atoms in total. The maximum absolute atomic E-state index is 14.1. The van der Waals surface area contributed by atoms with Gasteiger partial charge in [0.2, 0.25) is 0 Å². The molecule has 0 aliphatic carbocycles. The van der Waals surface area contributed by atoms with E-state index in [1.807, 2.05) is 6.92 Å². The number of guanidine groups is 1. The minimum atomic E-state index is -0.511. The van der Waals surface area contributed by atoms with Gasteiger partial charge in [0.25, 0.3) is 0 Å². The molecule has 1 aromatic rings. The number of anilines is 1. The Bertz CT molecular complexity index is 667. The van der Waals surface area contributed by atoms with Crippen molar-refractivity contribution in [2.24, 2.45) is 10.9 Å². The van der Waals surface area contributed by atoms with Crippen LogP contribution in [0, 0.1) is 17.6 Å². The molecule has 2 heterocycles. The number of hydrogen-bond donors (Lipinski definition) is 2. The van der Waals surface area contributed by atoms with Crippen LogP contribution in [0.15, 0.2) is 23.2 Å². The molecule has 0 amide bonds. The second-order valence-corrected chi connectivity index (χ2v) is 7.88. The molecule has 2 unspecified atom stereocenters. The third-order valence-electron chi connectivity index (χ3n) is 5.36. The lowest BCUT2D eigenvalue weighted by atomic mass is 10.1. The van der Waals surface area contributed by atoms with Crippen molar-refractivity contribution in [1.82, 2.24) is 15.5 Å². The number of aliphatic imine (C=N–C) groups is 1. The maximum atomic E-state index is 14.1. The van der Waals surface area contributed by atoms with Gasteiger partial charge in [0.05, 0.1) is 13.2 Å². The van der Waals surface area contributed by atoms with E-state index in [0.717, 1.165) is 58.3 Å². The molecule has 0 radical (unpaired) electrons. The molecule has 3 rings (SSSR count). The lowest BCUT2D eigenvalue weighted by Gasteiger charge is -2.28. The minimum absolute atomic E-state index is 0. The highest BCUT2D eigenvalue weighted by molar-refractivity contribution is 14.0.